The van der Waals surface area contributed by atoms with Crippen LogP contribution in [0.2, 0.25) is 0 Å². The van der Waals surface area contributed by atoms with Crippen LogP contribution >= 0.6 is 0 Å². The van der Waals surface area contributed by atoms with E-state index in [0.29, 0.717) is 12.5 Å². The van der Waals surface area contributed by atoms with Crippen molar-refractivity contribution in [3.63, 3.8) is 0 Å². The molecule has 0 saturated heterocycles. The molecule has 0 saturated carbocycles. The van der Waals surface area contributed by atoms with E-state index in [9.17, 15) is 0 Å². The molecule has 4 nitrogen and oxygen atoms in total. The van der Waals surface area contributed by atoms with Gasteiger partial charge in [-0.25, -0.2) is 4.68 Å². The number of rotatable bonds is 6. The van der Waals surface area contributed by atoms with Gasteiger partial charge in [-0.2, -0.15) is 0 Å². The SMILES string of the molecule is CCCc1c(CN)nnn1CCC(C)C. The molecule has 0 atom stereocenters. The van der Waals surface area contributed by atoms with Crippen molar-refractivity contribution in [2.45, 2.75) is 53.1 Å². The third-order valence-electron chi connectivity index (χ3n) is 2.52. The minimum Gasteiger partial charge on any atom is -0.325 e. The summed E-state index contributed by atoms with van der Waals surface area (Å²) < 4.78 is 2.02. The van der Waals surface area contributed by atoms with Gasteiger partial charge in [0.1, 0.15) is 0 Å². The van der Waals surface area contributed by atoms with Crippen LogP contribution in [-0.2, 0) is 19.5 Å². The zero-order valence-electron chi connectivity index (χ0n) is 10.0. The first-order valence-electron chi connectivity index (χ1n) is 5.80. The second-order valence-electron chi connectivity index (χ2n) is 4.34. The molecule has 0 fully saturated rings. The zero-order chi connectivity index (χ0) is 11.3. The number of aromatic nitrogens is 3. The minimum absolute atomic E-state index is 0.497. The molecule has 1 heterocycles. The highest BCUT2D eigenvalue weighted by Gasteiger charge is 2.10. The summed E-state index contributed by atoms with van der Waals surface area (Å²) in [6.07, 6.45) is 3.28. The molecule has 0 aliphatic rings. The maximum atomic E-state index is 5.63. The number of nitrogens with two attached hydrogens (primary N) is 1. The van der Waals surface area contributed by atoms with Crippen LogP contribution in [0.4, 0.5) is 0 Å². The number of aryl methyl sites for hydroxylation is 1. The summed E-state index contributed by atoms with van der Waals surface area (Å²) >= 11 is 0. The fraction of sp³-hybridized carbons (Fsp3) is 0.818. The van der Waals surface area contributed by atoms with Crippen molar-refractivity contribution in [1.82, 2.24) is 15.0 Å². The van der Waals surface area contributed by atoms with Crippen molar-refractivity contribution in [2.75, 3.05) is 0 Å². The van der Waals surface area contributed by atoms with Crippen LogP contribution in [0.15, 0.2) is 0 Å². The topological polar surface area (TPSA) is 56.7 Å². The van der Waals surface area contributed by atoms with Crippen molar-refractivity contribution in [3.8, 4) is 0 Å². The molecule has 2 N–H and O–H groups in total. The molecule has 0 aliphatic carbocycles. The Labute approximate surface area is 91.9 Å². The summed E-state index contributed by atoms with van der Waals surface area (Å²) in [7, 11) is 0. The van der Waals surface area contributed by atoms with E-state index in [-0.39, 0.29) is 0 Å². The maximum Gasteiger partial charge on any atom is 0.0994 e. The summed E-state index contributed by atoms with van der Waals surface area (Å²) in [6.45, 7) is 8.07. The predicted molar refractivity (Wildman–Crippen MR) is 61.4 cm³/mol. The molecule has 1 aromatic rings. The molecule has 0 unspecified atom stereocenters. The summed E-state index contributed by atoms with van der Waals surface area (Å²) in [6, 6.07) is 0. The van der Waals surface area contributed by atoms with Crippen molar-refractivity contribution >= 4 is 0 Å². The fourth-order valence-electron chi connectivity index (χ4n) is 1.60. The van der Waals surface area contributed by atoms with Gasteiger partial charge >= 0.3 is 0 Å². The second-order valence-corrected chi connectivity index (χ2v) is 4.34. The normalized spacial score (nSPS) is 11.3. The lowest BCUT2D eigenvalue weighted by Crippen LogP contribution is -2.09. The minimum atomic E-state index is 0.497. The van der Waals surface area contributed by atoms with Gasteiger partial charge in [0.05, 0.1) is 11.4 Å². The standard InChI is InChI=1S/C11H22N4/c1-4-5-11-10(8-12)13-14-15(11)7-6-9(2)3/h9H,4-8,12H2,1-3H3. The van der Waals surface area contributed by atoms with Gasteiger partial charge in [0.25, 0.3) is 0 Å². The van der Waals surface area contributed by atoms with Gasteiger partial charge in [0.2, 0.25) is 0 Å². The highest BCUT2D eigenvalue weighted by molar-refractivity contribution is 5.09. The Morgan fingerprint density at radius 1 is 1.40 bits per heavy atom. The maximum absolute atomic E-state index is 5.63. The average Bonchev–Trinajstić information content (AvgIpc) is 2.58. The van der Waals surface area contributed by atoms with E-state index in [4.69, 9.17) is 5.73 Å². The fourth-order valence-corrected chi connectivity index (χ4v) is 1.60. The first kappa shape index (κ1) is 12.2. The Hall–Kier alpha value is -0.900. The van der Waals surface area contributed by atoms with Crippen LogP contribution in [-0.4, -0.2) is 15.0 Å². The molecule has 15 heavy (non-hydrogen) atoms. The van der Waals surface area contributed by atoms with Gasteiger partial charge in [0.15, 0.2) is 0 Å². The first-order valence-corrected chi connectivity index (χ1v) is 5.80. The van der Waals surface area contributed by atoms with Crippen LogP contribution in [0, 0.1) is 5.92 Å². The summed E-state index contributed by atoms with van der Waals surface area (Å²) in [5.41, 5.74) is 7.82. The molecular formula is C11H22N4. The van der Waals surface area contributed by atoms with E-state index in [1.165, 1.54) is 5.69 Å². The Balaban J connectivity index is 2.72. The number of nitrogens with zero attached hydrogens (tertiary/aromatic N) is 3. The van der Waals surface area contributed by atoms with E-state index in [1.807, 2.05) is 4.68 Å². The molecule has 0 aromatic carbocycles. The van der Waals surface area contributed by atoms with Crippen molar-refractivity contribution < 1.29 is 0 Å². The summed E-state index contributed by atoms with van der Waals surface area (Å²) in [5.74, 6) is 0.699. The van der Waals surface area contributed by atoms with Gasteiger partial charge in [-0.15, -0.1) is 5.10 Å². The molecule has 1 rings (SSSR count). The van der Waals surface area contributed by atoms with Crippen LogP contribution in [0.5, 0.6) is 0 Å². The van der Waals surface area contributed by atoms with Gasteiger partial charge < -0.3 is 5.73 Å². The van der Waals surface area contributed by atoms with Crippen molar-refractivity contribution in [1.29, 1.82) is 0 Å². The van der Waals surface area contributed by atoms with Crippen LogP contribution < -0.4 is 5.73 Å². The molecule has 86 valence electrons. The lowest BCUT2D eigenvalue weighted by molar-refractivity contribution is 0.466. The van der Waals surface area contributed by atoms with Gasteiger partial charge in [-0.05, 0) is 18.8 Å². The first-order chi connectivity index (χ1) is 7.19. The van der Waals surface area contributed by atoms with Crippen molar-refractivity contribution in [2.24, 2.45) is 11.7 Å². The molecule has 0 bridgehead atoms. The quantitative estimate of drug-likeness (QED) is 0.778. The second kappa shape index (κ2) is 5.85. The summed E-state index contributed by atoms with van der Waals surface area (Å²) in [4.78, 5) is 0. The van der Waals surface area contributed by atoms with Gasteiger partial charge in [-0.3, -0.25) is 0 Å². The zero-order valence-corrected chi connectivity index (χ0v) is 10.0. The third-order valence-corrected chi connectivity index (χ3v) is 2.52. The van der Waals surface area contributed by atoms with Gasteiger partial charge in [0, 0.05) is 13.1 Å². The van der Waals surface area contributed by atoms with Crippen molar-refractivity contribution in [3.05, 3.63) is 11.4 Å². The van der Waals surface area contributed by atoms with E-state index >= 15 is 0 Å². The van der Waals surface area contributed by atoms with Gasteiger partial charge in [-0.1, -0.05) is 32.4 Å². The monoisotopic (exact) mass is 210 g/mol. The largest absolute Gasteiger partial charge is 0.325 e. The smallest absolute Gasteiger partial charge is 0.0994 e. The van der Waals surface area contributed by atoms with E-state index in [2.05, 4.69) is 31.1 Å². The highest BCUT2D eigenvalue weighted by atomic mass is 15.4. The Morgan fingerprint density at radius 2 is 2.13 bits per heavy atom. The third kappa shape index (κ3) is 3.30. The molecule has 0 spiro atoms. The Morgan fingerprint density at radius 3 is 2.67 bits per heavy atom. The Bertz CT molecular complexity index is 291. The molecule has 0 aliphatic heterocycles. The lowest BCUT2D eigenvalue weighted by atomic mass is 10.1. The number of hydrogen-bond donors (Lipinski definition) is 1. The molecule has 4 heteroatoms. The van der Waals surface area contributed by atoms with Crippen LogP contribution in [0.3, 0.4) is 0 Å². The van der Waals surface area contributed by atoms with E-state index in [0.717, 1.165) is 31.5 Å². The highest BCUT2D eigenvalue weighted by Crippen LogP contribution is 2.10. The van der Waals surface area contributed by atoms with E-state index < -0.39 is 0 Å². The lowest BCUT2D eigenvalue weighted by Gasteiger charge is -2.08. The molecular weight excluding hydrogens is 188 g/mol. The average molecular weight is 210 g/mol. The van der Waals surface area contributed by atoms with E-state index in [1.54, 1.807) is 0 Å². The van der Waals surface area contributed by atoms with Crippen LogP contribution in [0.1, 0.15) is 45.0 Å². The Kier molecular flexibility index (Phi) is 4.75. The molecule has 1 aromatic heterocycles. The van der Waals surface area contributed by atoms with Crippen LogP contribution in [0.25, 0.3) is 0 Å². The molecule has 0 radical (unpaired) electrons. The summed E-state index contributed by atoms with van der Waals surface area (Å²) in [5, 5.41) is 8.28. The molecule has 0 amide bonds. The predicted octanol–water partition coefficient (Wildman–Crippen LogP) is 1.74. The number of hydrogen-bond acceptors (Lipinski definition) is 3.